The lowest BCUT2D eigenvalue weighted by molar-refractivity contribution is 0.0964. The normalized spacial score (nSPS) is 17.1. The Balaban J connectivity index is 1.53. The summed E-state index contributed by atoms with van der Waals surface area (Å²) in [7, 11) is -0.107. The second-order valence-corrected chi connectivity index (χ2v) is 9.58. The van der Waals surface area contributed by atoms with Crippen LogP contribution < -0.4 is 15.7 Å². The van der Waals surface area contributed by atoms with Gasteiger partial charge in [-0.25, -0.2) is 9.18 Å². The first-order chi connectivity index (χ1) is 18.4. The number of hydrogen-bond acceptors (Lipinski definition) is 6. The van der Waals surface area contributed by atoms with E-state index in [1.165, 1.54) is 19.2 Å². The zero-order valence-corrected chi connectivity index (χ0v) is 20.5. The summed E-state index contributed by atoms with van der Waals surface area (Å²) in [6.45, 7) is 0.0917. The van der Waals surface area contributed by atoms with Gasteiger partial charge >= 0.3 is 13.2 Å². The van der Waals surface area contributed by atoms with Crippen LogP contribution in [0.3, 0.4) is 0 Å². The molecule has 3 aromatic carbocycles. The fourth-order valence-electron chi connectivity index (χ4n) is 5.09. The molecule has 2 heterocycles. The molecule has 0 bridgehead atoms. The van der Waals surface area contributed by atoms with E-state index in [9.17, 15) is 24.0 Å². The maximum absolute atomic E-state index is 13.6. The lowest BCUT2D eigenvalue weighted by Gasteiger charge is -2.25. The lowest BCUT2D eigenvalue weighted by Crippen LogP contribution is -2.32. The molecule has 192 valence electrons. The van der Waals surface area contributed by atoms with Gasteiger partial charge in [-0.15, -0.1) is 0 Å². The quantitative estimate of drug-likeness (QED) is 0.337. The van der Waals surface area contributed by atoms with Crippen LogP contribution in [0.25, 0.3) is 22.3 Å². The lowest BCUT2D eigenvalue weighted by atomic mass is 9.79. The number of halogens is 1. The van der Waals surface area contributed by atoms with Gasteiger partial charge in [0, 0.05) is 24.1 Å². The number of anilines is 1. The molecule has 2 fully saturated rings. The number of cyclic esters (lactones) is 1. The SMILES string of the molecule is CNC(=O)c1c(-c2ccc(F)cc2)oc2cc(N3C(=O)OCC3c3cccc(B(O)O)c3)c(C3CC3)cc12. The van der Waals surface area contributed by atoms with Gasteiger partial charge in [-0.05, 0) is 65.7 Å². The van der Waals surface area contributed by atoms with Crippen LogP contribution in [-0.4, -0.2) is 42.8 Å². The van der Waals surface area contributed by atoms with E-state index in [1.807, 2.05) is 12.1 Å². The van der Waals surface area contributed by atoms with Gasteiger partial charge in [0.15, 0.2) is 0 Å². The summed E-state index contributed by atoms with van der Waals surface area (Å²) in [6.07, 6.45) is 1.36. The van der Waals surface area contributed by atoms with Crippen molar-refractivity contribution in [3.63, 3.8) is 0 Å². The molecular weight excluding hydrogens is 490 g/mol. The summed E-state index contributed by atoms with van der Waals surface area (Å²) in [6, 6.07) is 15.6. The molecule has 8 nitrogen and oxygen atoms in total. The minimum atomic E-state index is -1.64. The van der Waals surface area contributed by atoms with Gasteiger partial charge in [0.05, 0.1) is 17.3 Å². The summed E-state index contributed by atoms with van der Waals surface area (Å²) in [5.74, 6) is -0.226. The largest absolute Gasteiger partial charge is 0.488 e. The van der Waals surface area contributed by atoms with Crippen LogP contribution in [-0.2, 0) is 4.74 Å². The third-order valence-corrected chi connectivity index (χ3v) is 7.14. The van der Waals surface area contributed by atoms with Crippen molar-refractivity contribution in [2.24, 2.45) is 0 Å². The van der Waals surface area contributed by atoms with Crippen LogP contribution in [0.15, 0.2) is 65.1 Å². The third-order valence-electron chi connectivity index (χ3n) is 7.14. The predicted molar refractivity (Wildman–Crippen MR) is 140 cm³/mol. The van der Waals surface area contributed by atoms with E-state index in [-0.39, 0.29) is 18.4 Å². The first-order valence-corrected chi connectivity index (χ1v) is 12.4. The van der Waals surface area contributed by atoms with Crippen LogP contribution in [0.1, 0.15) is 46.3 Å². The summed E-state index contributed by atoms with van der Waals surface area (Å²) >= 11 is 0. The molecule has 0 spiro atoms. The number of furan rings is 1. The van der Waals surface area contributed by atoms with Crippen LogP contribution in [0, 0.1) is 5.82 Å². The van der Waals surface area contributed by atoms with E-state index >= 15 is 0 Å². The Kier molecular flexibility index (Phi) is 5.93. The molecule has 6 rings (SSSR count). The third kappa shape index (κ3) is 4.11. The number of amides is 2. The number of hydrogen-bond donors (Lipinski definition) is 3. The van der Waals surface area contributed by atoms with Crippen molar-refractivity contribution in [2.75, 3.05) is 18.6 Å². The Labute approximate surface area is 217 Å². The number of carbonyl (C=O) groups excluding carboxylic acids is 2. The first kappa shape index (κ1) is 24.2. The maximum Gasteiger partial charge on any atom is 0.488 e. The highest BCUT2D eigenvalue weighted by Gasteiger charge is 2.40. The molecule has 1 aliphatic carbocycles. The number of nitrogens with zero attached hydrogens (tertiary/aromatic N) is 1. The van der Waals surface area contributed by atoms with E-state index in [2.05, 4.69) is 5.32 Å². The van der Waals surface area contributed by atoms with Crippen molar-refractivity contribution in [2.45, 2.75) is 24.8 Å². The van der Waals surface area contributed by atoms with Crippen molar-refractivity contribution < 1.29 is 33.2 Å². The summed E-state index contributed by atoms with van der Waals surface area (Å²) in [5.41, 5.74) is 3.81. The minimum absolute atomic E-state index is 0.0917. The van der Waals surface area contributed by atoms with Crippen LogP contribution in [0.2, 0.25) is 0 Å². The molecule has 2 amide bonds. The van der Waals surface area contributed by atoms with Crippen molar-refractivity contribution in [1.82, 2.24) is 5.32 Å². The Morgan fingerprint density at radius 1 is 1.11 bits per heavy atom. The fraction of sp³-hybridized carbons (Fsp3) is 0.214. The molecule has 1 unspecified atom stereocenters. The predicted octanol–water partition coefficient (Wildman–Crippen LogP) is 3.85. The Bertz CT molecular complexity index is 1560. The van der Waals surface area contributed by atoms with Crippen LogP contribution in [0.5, 0.6) is 0 Å². The van der Waals surface area contributed by atoms with Crippen molar-refractivity contribution in [3.8, 4) is 11.3 Å². The average molecular weight is 514 g/mol. The number of nitrogens with one attached hydrogen (secondary N) is 1. The zero-order valence-electron chi connectivity index (χ0n) is 20.5. The highest BCUT2D eigenvalue weighted by Crippen LogP contribution is 2.49. The van der Waals surface area contributed by atoms with E-state index in [1.54, 1.807) is 41.3 Å². The molecule has 10 heteroatoms. The topological polar surface area (TPSA) is 112 Å². The molecular formula is C28H24BFN2O6. The van der Waals surface area contributed by atoms with Gasteiger partial charge in [-0.3, -0.25) is 9.69 Å². The second-order valence-electron chi connectivity index (χ2n) is 9.58. The van der Waals surface area contributed by atoms with Crippen LogP contribution in [0.4, 0.5) is 14.9 Å². The zero-order chi connectivity index (χ0) is 26.6. The molecule has 0 radical (unpaired) electrons. The Morgan fingerprint density at radius 3 is 2.55 bits per heavy atom. The summed E-state index contributed by atoms with van der Waals surface area (Å²) in [5, 5.41) is 22.6. The van der Waals surface area contributed by atoms with Gasteiger partial charge in [0.2, 0.25) is 0 Å². The van der Waals surface area contributed by atoms with Gasteiger partial charge < -0.3 is 24.5 Å². The Morgan fingerprint density at radius 2 is 1.87 bits per heavy atom. The summed E-state index contributed by atoms with van der Waals surface area (Å²) in [4.78, 5) is 27.6. The summed E-state index contributed by atoms with van der Waals surface area (Å²) < 4.78 is 25.3. The standard InChI is InChI=1S/C28H24BFN2O6/c1-31-27(33)25-21-12-20(15-5-6-15)22(13-24(21)38-26(25)16-7-9-19(30)10-8-16)32-23(14-37-28(32)34)17-3-2-4-18(11-17)29(35)36/h2-4,7-13,15,23,35-36H,5-6,14H2,1H3,(H,31,33). The van der Waals surface area contributed by atoms with E-state index in [0.29, 0.717) is 44.6 Å². The molecule has 1 aliphatic heterocycles. The van der Waals surface area contributed by atoms with E-state index < -0.39 is 25.1 Å². The molecule has 38 heavy (non-hydrogen) atoms. The van der Waals surface area contributed by atoms with Gasteiger partial charge in [0.1, 0.15) is 23.8 Å². The number of ether oxygens (including phenoxy) is 1. The number of rotatable bonds is 6. The van der Waals surface area contributed by atoms with E-state index in [0.717, 1.165) is 18.4 Å². The molecule has 1 aromatic heterocycles. The van der Waals surface area contributed by atoms with Crippen molar-refractivity contribution in [1.29, 1.82) is 0 Å². The smallest absolute Gasteiger partial charge is 0.455 e. The van der Waals surface area contributed by atoms with Gasteiger partial charge in [0.25, 0.3) is 5.91 Å². The fourth-order valence-corrected chi connectivity index (χ4v) is 5.09. The molecule has 1 saturated heterocycles. The van der Waals surface area contributed by atoms with Gasteiger partial charge in [-0.2, -0.15) is 0 Å². The van der Waals surface area contributed by atoms with Crippen LogP contribution >= 0.6 is 0 Å². The monoisotopic (exact) mass is 514 g/mol. The highest BCUT2D eigenvalue weighted by atomic mass is 19.1. The average Bonchev–Trinajstić information content (AvgIpc) is 3.60. The molecule has 1 atom stereocenters. The Hall–Kier alpha value is -4.15. The number of benzene rings is 3. The minimum Gasteiger partial charge on any atom is -0.455 e. The maximum atomic E-state index is 13.6. The molecule has 3 N–H and O–H groups in total. The first-order valence-electron chi connectivity index (χ1n) is 12.4. The molecule has 2 aliphatic rings. The highest BCUT2D eigenvalue weighted by molar-refractivity contribution is 6.58. The second kappa shape index (κ2) is 9.31. The number of fused-ring (bicyclic) bond motifs is 1. The van der Waals surface area contributed by atoms with E-state index in [4.69, 9.17) is 9.15 Å². The van der Waals surface area contributed by atoms with Crippen molar-refractivity contribution >= 4 is 41.2 Å². The van der Waals surface area contributed by atoms with Crippen molar-refractivity contribution in [3.05, 3.63) is 83.2 Å². The van der Waals surface area contributed by atoms with Gasteiger partial charge in [-0.1, -0.05) is 24.3 Å². The number of carbonyl (C=O) groups is 2. The molecule has 1 saturated carbocycles. The molecule has 4 aromatic rings.